The van der Waals surface area contributed by atoms with Crippen LogP contribution in [0.1, 0.15) is 41.6 Å². The van der Waals surface area contributed by atoms with Crippen LogP contribution in [0, 0.1) is 13.8 Å². The van der Waals surface area contributed by atoms with Crippen molar-refractivity contribution < 1.29 is 24.5 Å². The van der Waals surface area contributed by atoms with Gasteiger partial charge in [0.2, 0.25) is 0 Å². The summed E-state index contributed by atoms with van der Waals surface area (Å²) in [6.07, 6.45) is 0.648. The lowest BCUT2D eigenvalue weighted by Crippen LogP contribution is -2.30. The number of Topliss-reactive ketones (excluding diaryl/α,β-unsaturated/α-hetero) is 1. The topological polar surface area (TPSA) is 87.1 Å². The summed E-state index contributed by atoms with van der Waals surface area (Å²) in [6.45, 7) is 6.14. The lowest BCUT2D eigenvalue weighted by molar-refractivity contribution is -0.139. The minimum atomic E-state index is -0.784. The summed E-state index contributed by atoms with van der Waals surface area (Å²) < 4.78 is 5.09. The molecule has 2 aromatic carbocycles. The van der Waals surface area contributed by atoms with Gasteiger partial charge in [0, 0.05) is 12.1 Å². The first-order valence-electron chi connectivity index (χ1n) is 9.53. The Kier molecular flexibility index (Phi) is 5.64. The highest BCUT2D eigenvalue weighted by Gasteiger charge is 2.45. The highest BCUT2D eigenvalue weighted by atomic mass is 16.5. The molecule has 0 radical (unpaired) electrons. The third-order valence-electron chi connectivity index (χ3n) is 5.30. The summed E-state index contributed by atoms with van der Waals surface area (Å²) >= 11 is 0. The van der Waals surface area contributed by atoms with Crippen molar-refractivity contribution in [3.05, 3.63) is 64.2 Å². The molecular formula is C23H25NO5. The maximum Gasteiger partial charge on any atom is 0.295 e. The Morgan fingerprint density at radius 1 is 1.10 bits per heavy atom. The number of phenolic OH excluding ortho intramolecular Hbond substituents is 1. The summed E-state index contributed by atoms with van der Waals surface area (Å²) in [4.78, 5) is 27.0. The molecule has 2 aromatic rings. The number of carbonyl (C=O) groups excluding carboxylic acids is 2. The quantitative estimate of drug-likeness (QED) is 0.456. The predicted octanol–water partition coefficient (Wildman–Crippen LogP) is 3.85. The molecule has 1 atom stereocenters. The molecule has 0 spiro atoms. The SMILES string of the molecule is CCCN1C(=O)C(=O)/C(=C(\O)c2ccc(C)c(C)c2)C1c1ccc(OC)c(O)c1. The molecule has 2 N–H and O–H groups in total. The normalized spacial score (nSPS) is 18.3. The van der Waals surface area contributed by atoms with Crippen LogP contribution in [0.4, 0.5) is 0 Å². The number of rotatable bonds is 5. The zero-order chi connectivity index (χ0) is 21.3. The van der Waals surface area contributed by atoms with Crippen molar-refractivity contribution in [2.45, 2.75) is 33.2 Å². The van der Waals surface area contributed by atoms with Crippen LogP contribution in [0.3, 0.4) is 0 Å². The highest BCUT2D eigenvalue weighted by molar-refractivity contribution is 6.46. The van der Waals surface area contributed by atoms with Crippen LogP contribution in [0.5, 0.6) is 11.5 Å². The number of methoxy groups -OCH3 is 1. The number of benzene rings is 2. The molecule has 1 fully saturated rings. The second-order valence-electron chi connectivity index (χ2n) is 7.22. The van der Waals surface area contributed by atoms with E-state index in [-0.39, 0.29) is 22.8 Å². The van der Waals surface area contributed by atoms with E-state index in [2.05, 4.69) is 0 Å². The van der Waals surface area contributed by atoms with Gasteiger partial charge in [0.25, 0.3) is 11.7 Å². The van der Waals surface area contributed by atoms with Gasteiger partial charge in [-0.05, 0) is 55.2 Å². The standard InChI is InChI=1S/C23H25NO5/c1-5-10-24-20(15-8-9-18(29-4)17(25)12-15)19(22(27)23(24)28)21(26)16-7-6-13(2)14(3)11-16/h6-9,11-12,20,25-26H,5,10H2,1-4H3/b21-19-. The van der Waals surface area contributed by atoms with Gasteiger partial charge < -0.3 is 19.8 Å². The number of hydrogen-bond acceptors (Lipinski definition) is 5. The van der Waals surface area contributed by atoms with Gasteiger partial charge in [0.1, 0.15) is 5.76 Å². The number of aliphatic hydroxyl groups excluding tert-OH is 1. The Labute approximate surface area is 170 Å². The van der Waals surface area contributed by atoms with Crippen LogP contribution in [-0.4, -0.2) is 40.5 Å². The Morgan fingerprint density at radius 2 is 1.83 bits per heavy atom. The number of hydrogen-bond donors (Lipinski definition) is 2. The molecule has 6 heteroatoms. The lowest BCUT2D eigenvalue weighted by atomic mass is 9.94. The molecule has 0 aromatic heterocycles. The second kappa shape index (κ2) is 7.99. The monoisotopic (exact) mass is 395 g/mol. The smallest absolute Gasteiger partial charge is 0.295 e. The van der Waals surface area contributed by atoms with E-state index in [0.29, 0.717) is 24.1 Å². The zero-order valence-electron chi connectivity index (χ0n) is 17.0. The molecule has 1 aliphatic heterocycles. The molecule has 1 heterocycles. The molecule has 1 aliphatic rings. The highest BCUT2D eigenvalue weighted by Crippen LogP contribution is 2.41. The van der Waals surface area contributed by atoms with Gasteiger partial charge >= 0.3 is 0 Å². The fourth-order valence-electron chi connectivity index (χ4n) is 3.62. The fraction of sp³-hybridized carbons (Fsp3) is 0.304. The number of ketones is 1. The average molecular weight is 395 g/mol. The fourth-order valence-corrected chi connectivity index (χ4v) is 3.62. The van der Waals surface area contributed by atoms with E-state index in [4.69, 9.17) is 4.74 Å². The number of likely N-dealkylation sites (tertiary alicyclic amines) is 1. The maximum atomic E-state index is 12.9. The molecule has 1 amide bonds. The zero-order valence-corrected chi connectivity index (χ0v) is 17.0. The van der Waals surface area contributed by atoms with E-state index >= 15 is 0 Å². The first-order chi connectivity index (χ1) is 13.8. The minimum Gasteiger partial charge on any atom is -0.507 e. The lowest BCUT2D eigenvalue weighted by Gasteiger charge is -2.25. The first kappa shape index (κ1) is 20.5. The number of phenols is 1. The molecule has 6 nitrogen and oxygen atoms in total. The van der Waals surface area contributed by atoms with Crippen LogP contribution in [0.15, 0.2) is 42.0 Å². The van der Waals surface area contributed by atoms with Gasteiger partial charge in [-0.15, -0.1) is 0 Å². The summed E-state index contributed by atoms with van der Waals surface area (Å²) in [5, 5.41) is 21.2. The van der Waals surface area contributed by atoms with E-state index in [1.54, 1.807) is 24.3 Å². The molecule has 0 bridgehead atoms. The number of aromatic hydroxyl groups is 1. The second-order valence-corrected chi connectivity index (χ2v) is 7.22. The number of amides is 1. The number of aryl methyl sites for hydroxylation is 2. The van der Waals surface area contributed by atoms with Crippen LogP contribution in [-0.2, 0) is 9.59 Å². The van der Waals surface area contributed by atoms with Crippen LogP contribution < -0.4 is 4.74 Å². The van der Waals surface area contributed by atoms with E-state index in [1.165, 1.54) is 18.1 Å². The number of ether oxygens (including phenoxy) is 1. The van der Waals surface area contributed by atoms with Crippen molar-refractivity contribution >= 4 is 17.4 Å². The summed E-state index contributed by atoms with van der Waals surface area (Å²) in [5.74, 6) is -1.41. The Morgan fingerprint density at radius 3 is 2.41 bits per heavy atom. The first-order valence-corrected chi connectivity index (χ1v) is 9.53. The maximum absolute atomic E-state index is 12.9. The number of carbonyl (C=O) groups is 2. The number of nitrogens with zero attached hydrogens (tertiary/aromatic N) is 1. The van der Waals surface area contributed by atoms with Gasteiger partial charge in [-0.2, -0.15) is 0 Å². The Bertz CT molecular complexity index is 1010. The van der Waals surface area contributed by atoms with E-state index in [0.717, 1.165) is 11.1 Å². The predicted molar refractivity (Wildman–Crippen MR) is 110 cm³/mol. The van der Waals surface area contributed by atoms with Gasteiger partial charge in [-0.1, -0.05) is 25.1 Å². The van der Waals surface area contributed by atoms with E-state index in [1.807, 2.05) is 26.8 Å². The largest absolute Gasteiger partial charge is 0.507 e. The Hall–Kier alpha value is -3.28. The van der Waals surface area contributed by atoms with Gasteiger partial charge in [0.15, 0.2) is 11.5 Å². The van der Waals surface area contributed by atoms with Crippen LogP contribution in [0.25, 0.3) is 5.76 Å². The molecule has 0 saturated carbocycles. The summed E-state index contributed by atoms with van der Waals surface area (Å²) in [5.41, 5.74) is 3.06. The third kappa shape index (κ3) is 3.58. The van der Waals surface area contributed by atoms with Crippen LogP contribution >= 0.6 is 0 Å². The van der Waals surface area contributed by atoms with Crippen molar-refractivity contribution in [3.63, 3.8) is 0 Å². The molecule has 1 saturated heterocycles. The van der Waals surface area contributed by atoms with Gasteiger partial charge in [-0.25, -0.2) is 0 Å². The third-order valence-corrected chi connectivity index (χ3v) is 5.30. The van der Waals surface area contributed by atoms with E-state index < -0.39 is 17.7 Å². The summed E-state index contributed by atoms with van der Waals surface area (Å²) in [7, 11) is 1.44. The summed E-state index contributed by atoms with van der Waals surface area (Å²) in [6, 6.07) is 9.33. The Balaban J connectivity index is 2.21. The van der Waals surface area contributed by atoms with E-state index in [9.17, 15) is 19.8 Å². The number of aliphatic hydroxyl groups is 1. The molecule has 152 valence electrons. The van der Waals surface area contributed by atoms with Crippen molar-refractivity contribution in [1.29, 1.82) is 0 Å². The van der Waals surface area contributed by atoms with Crippen molar-refractivity contribution in [2.24, 2.45) is 0 Å². The van der Waals surface area contributed by atoms with Crippen molar-refractivity contribution in [3.8, 4) is 11.5 Å². The molecule has 0 aliphatic carbocycles. The average Bonchev–Trinajstić information content (AvgIpc) is 2.94. The molecule has 29 heavy (non-hydrogen) atoms. The van der Waals surface area contributed by atoms with Gasteiger partial charge in [0.05, 0.1) is 18.7 Å². The molecular weight excluding hydrogens is 370 g/mol. The molecule has 3 rings (SSSR count). The van der Waals surface area contributed by atoms with Crippen LogP contribution in [0.2, 0.25) is 0 Å². The van der Waals surface area contributed by atoms with Crippen molar-refractivity contribution in [1.82, 2.24) is 4.90 Å². The molecule has 1 unspecified atom stereocenters. The van der Waals surface area contributed by atoms with Crippen molar-refractivity contribution in [2.75, 3.05) is 13.7 Å². The van der Waals surface area contributed by atoms with Gasteiger partial charge in [-0.3, -0.25) is 9.59 Å². The minimum absolute atomic E-state index is 0.0243.